The van der Waals surface area contributed by atoms with Crippen LogP contribution in [-0.2, 0) is 29.7 Å². The molecule has 2 aromatic heterocycles. The van der Waals surface area contributed by atoms with Crippen molar-refractivity contribution in [1.29, 1.82) is 0 Å². The molecule has 0 atom stereocenters. The van der Waals surface area contributed by atoms with E-state index in [0.29, 0.717) is 17.0 Å². The van der Waals surface area contributed by atoms with E-state index in [1.54, 1.807) is 55.0 Å². The standard InChI is InChI=1S/C18H14N3O5S.C5H5N.FH.Pd/c1-26-14-10-11-19-18(12-14)16-4-2-3-5-17(16)20-27(24,25)15-8-6-13(7-9-15)21(22)23;1-2-4-6-5-3-1;;/h2-12H,1H3;1-5H;1H;/q-1;;;+2/p-1. The fraction of sp³-hybridized carbons (Fsp3) is 0.0435. The summed E-state index contributed by atoms with van der Waals surface area (Å²) in [7, 11) is -2.54. The summed E-state index contributed by atoms with van der Waals surface area (Å²) in [5, 5.41) is 10.7. The fourth-order valence-electron chi connectivity index (χ4n) is 2.69. The van der Waals surface area contributed by atoms with Crippen molar-refractivity contribution >= 4 is 21.4 Å². The van der Waals surface area contributed by atoms with Crippen molar-refractivity contribution in [1.82, 2.24) is 9.97 Å². The summed E-state index contributed by atoms with van der Waals surface area (Å²) in [6.07, 6.45) is 5.05. The van der Waals surface area contributed by atoms with Crippen molar-refractivity contribution in [3.8, 4) is 17.0 Å². The van der Waals surface area contributed by atoms with Gasteiger partial charge in [0.25, 0.3) is 5.69 Å². The number of hydrogen-bond acceptors (Lipinski definition) is 7. The smallest absolute Gasteiger partial charge is 0.0267 e. The molecular formula is C23H19FN4O5PdS. The molecule has 0 N–H and O–H groups in total. The van der Waals surface area contributed by atoms with Gasteiger partial charge >= 0.3 is 22.9 Å². The van der Waals surface area contributed by atoms with Crippen molar-refractivity contribution < 1.29 is 41.0 Å². The Morgan fingerprint density at radius 1 is 0.943 bits per heavy atom. The van der Waals surface area contributed by atoms with E-state index in [2.05, 4.69) is 14.7 Å². The zero-order chi connectivity index (χ0) is 25.7. The maximum atomic E-state index is 12.6. The summed E-state index contributed by atoms with van der Waals surface area (Å²) >= 11 is 1.25. The number of pyridine rings is 2. The summed E-state index contributed by atoms with van der Waals surface area (Å²) in [4.78, 5) is 18.0. The van der Waals surface area contributed by atoms with E-state index in [0.717, 1.165) is 24.3 Å². The van der Waals surface area contributed by atoms with E-state index >= 15 is 0 Å². The minimum Gasteiger partial charge on any atom is -0.265 e. The second-order valence-electron chi connectivity index (χ2n) is 6.44. The molecule has 12 heteroatoms. The molecule has 0 radical (unpaired) electrons. The normalized spacial score (nSPS) is 10.1. The minimum atomic E-state index is -4.06. The topological polar surface area (TPSA) is 126 Å². The first-order chi connectivity index (χ1) is 16.9. The van der Waals surface area contributed by atoms with Crippen LogP contribution in [-0.4, -0.2) is 30.4 Å². The molecule has 2 heterocycles. The predicted molar refractivity (Wildman–Crippen MR) is 125 cm³/mol. The van der Waals surface area contributed by atoms with Crippen LogP contribution in [0.5, 0.6) is 5.75 Å². The quantitative estimate of drug-likeness (QED) is 0.164. The Morgan fingerprint density at radius 2 is 1.60 bits per heavy atom. The second kappa shape index (κ2) is 13.9. The third-order valence-corrected chi connectivity index (χ3v) is 5.58. The number of nitrogens with zero attached hydrogens (tertiary/aromatic N) is 4. The Labute approximate surface area is 213 Å². The molecule has 2 aromatic carbocycles. The van der Waals surface area contributed by atoms with Crippen molar-refractivity contribution in [3.05, 3.63) is 112 Å². The maximum absolute atomic E-state index is 12.6. The molecule has 0 bridgehead atoms. The third-order valence-electron chi connectivity index (χ3n) is 4.28. The molecule has 0 unspecified atom stereocenters. The first kappa shape index (κ1) is 27.5. The van der Waals surface area contributed by atoms with Gasteiger partial charge in [0.05, 0.1) is 22.6 Å². The van der Waals surface area contributed by atoms with E-state index in [9.17, 15) is 21.8 Å². The third kappa shape index (κ3) is 8.22. The van der Waals surface area contributed by atoms with Crippen molar-refractivity contribution in [2.24, 2.45) is 0 Å². The Balaban J connectivity index is 0.000000463. The number of halogens is 1. The van der Waals surface area contributed by atoms with Gasteiger partial charge in [0.1, 0.15) is 15.8 Å². The van der Waals surface area contributed by atoms with Crippen LogP contribution >= 0.6 is 0 Å². The summed E-state index contributed by atoms with van der Waals surface area (Å²) in [5.41, 5.74) is 1.03. The molecule has 0 aliphatic rings. The molecule has 0 saturated carbocycles. The molecule has 0 fully saturated rings. The molecule has 4 aromatic rings. The Hall–Kier alpha value is -3.72. The largest absolute Gasteiger partial charge is 0.265 e. The molecule has 0 amide bonds. The Morgan fingerprint density at radius 3 is 2.14 bits per heavy atom. The SMILES string of the molecule is COc1ccnc(-c2ccccc2[N-]S(=O)(=O)c2ccc([N+](=O)[O-])cc2)c1.[F][Pd+].c1ccncc1. The summed E-state index contributed by atoms with van der Waals surface area (Å²) in [5.74, 6) is 0.577. The van der Waals surface area contributed by atoms with Gasteiger partial charge in [-0.05, 0) is 35.9 Å². The Kier molecular flexibility index (Phi) is 10.9. The van der Waals surface area contributed by atoms with Crippen LogP contribution in [0.1, 0.15) is 0 Å². The number of methoxy groups -OCH3 is 1. The fourth-order valence-corrected chi connectivity index (χ4v) is 3.69. The number of sulfonamides is 1. The van der Waals surface area contributed by atoms with Crippen LogP contribution in [0.4, 0.5) is 14.6 Å². The molecule has 0 spiro atoms. The molecular weight excluding hydrogens is 570 g/mol. The van der Waals surface area contributed by atoms with E-state index in [1.165, 1.54) is 26.8 Å². The number of ether oxygens (including phenoxy) is 1. The molecule has 4 rings (SSSR count). The monoisotopic (exact) mass is 588 g/mol. The van der Waals surface area contributed by atoms with Crippen LogP contribution in [0.2, 0.25) is 0 Å². The zero-order valence-electron chi connectivity index (χ0n) is 18.2. The number of aromatic nitrogens is 2. The molecule has 0 aliphatic carbocycles. The molecule has 0 saturated heterocycles. The number of benzene rings is 2. The summed E-state index contributed by atoms with van der Waals surface area (Å²) < 4.78 is 43.6. The van der Waals surface area contributed by atoms with Gasteiger partial charge in [0, 0.05) is 36.8 Å². The summed E-state index contributed by atoms with van der Waals surface area (Å²) in [6, 6.07) is 20.3. The van der Waals surface area contributed by atoms with Crippen LogP contribution in [0.3, 0.4) is 0 Å². The predicted octanol–water partition coefficient (Wildman–Crippen LogP) is 5.56. The maximum Gasteiger partial charge on any atom is 0.0267 e. The van der Waals surface area contributed by atoms with E-state index < -0.39 is 14.9 Å². The molecule has 9 nitrogen and oxygen atoms in total. The van der Waals surface area contributed by atoms with Gasteiger partial charge in [-0.15, -0.1) is 5.69 Å². The van der Waals surface area contributed by atoms with Gasteiger partial charge in [-0.2, -0.15) is 0 Å². The van der Waals surface area contributed by atoms with Crippen LogP contribution in [0.25, 0.3) is 16.0 Å². The van der Waals surface area contributed by atoms with Gasteiger partial charge in [-0.3, -0.25) is 20.1 Å². The van der Waals surface area contributed by atoms with Gasteiger partial charge < -0.3 is 9.46 Å². The van der Waals surface area contributed by atoms with Crippen molar-refractivity contribution in [2.75, 3.05) is 7.11 Å². The van der Waals surface area contributed by atoms with Crippen molar-refractivity contribution in [2.45, 2.75) is 4.90 Å². The minimum absolute atomic E-state index is 0.137. The summed E-state index contributed by atoms with van der Waals surface area (Å²) in [6.45, 7) is 0. The van der Waals surface area contributed by atoms with Gasteiger partial charge in [0.2, 0.25) is 0 Å². The first-order valence-electron chi connectivity index (χ1n) is 9.69. The Bertz CT molecular complexity index is 1300. The first-order valence-corrected chi connectivity index (χ1v) is 11.7. The number of rotatable bonds is 6. The average Bonchev–Trinajstić information content (AvgIpc) is 2.91. The van der Waals surface area contributed by atoms with E-state index in [-0.39, 0.29) is 16.3 Å². The second-order valence-corrected chi connectivity index (χ2v) is 8.04. The number of hydrogen-bond donors (Lipinski definition) is 0. The van der Waals surface area contributed by atoms with Crippen molar-refractivity contribution in [3.63, 3.8) is 0 Å². The molecule has 0 aliphatic heterocycles. The molecule has 35 heavy (non-hydrogen) atoms. The van der Waals surface area contributed by atoms with Crippen LogP contribution in [0, 0.1) is 10.1 Å². The number of nitro groups is 1. The van der Waals surface area contributed by atoms with Gasteiger partial charge in [0.15, 0.2) is 0 Å². The van der Waals surface area contributed by atoms with Gasteiger partial charge in [-0.1, -0.05) is 30.3 Å². The van der Waals surface area contributed by atoms with Crippen LogP contribution < -0.4 is 4.74 Å². The van der Waals surface area contributed by atoms with E-state index in [1.807, 2.05) is 18.2 Å². The average molecular weight is 589 g/mol. The number of non-ortho nitro benzene ring substituents is 1. The van der Waals surface area contributed by atoms with Crippen LogP contribution in [0.15, 0.2) is 102 Å². The number of nitro benzene ring substituents is 1. The molecule has 184 valence electrons. The van der Waals surface area contributed by atoms with Gasteiger partial charge in [-0.25, -0.2) is 8.42 Å². The zero-order valence-corrected chi connectivity index (χ0v) is 20.5. The van der Waals surface area contributed by atoms with E-state index in [4.69, 9.17) is 4.74 Å².